The number of amides is 1. The molecule has 0 spiro atoms. The van der Waals surface area contributed by atoms with Crippen LogP contribution in [0.5, 0.6) is 0 Å². The highest BCUT2D eigenvalue weighted by molar-refractivity contribution is 5.94. The maximum Gasteiger partial charge on any atom is 0.251 e. The quantitative estimate of drug-likeness (QED) is 0.704. The SMILES string of the molecule is CCCn1ncnc1[C@H](C)NC(=O)c1ccc(-c2cnc(N)nc2)cc1. The van der Waals surface area contributed by atoms with Crippen molar-refractivity contribution in [3.05, 3.63) is 54.4 Å². The molecule has 2 aromatic heterocycles. The molecule has 134 valence electrons. The van der Waals surface area contributed by atoms with Gasteiger partial charge in [-0.15, -0.1) is 0 Å². The van der Waals surface area contributed by atoms with E-state index in [2.05, 4.69) is 32.3 Å². The van der Waals surface area contributed by atoms with E-state index in [1.54, 1.807) is 24.5 Å². The molecule has 1 aromatic carbocycles. The van der Waals surface area contributed by atoms with Crippen molar-refractivity contribution in [2.24, 2.45) is 0 Å². The van der Waals surface area contributed by atoms with Crippen LogP contribution in [0.3, 0.4) is 0 Å². The number of nitrogens with one attached hydrogen (secondary N) is 1. The molecule has 2 heterocycles. The van der Waals surface area contributed by atoms with Crippen LogP contribution < -0.4 is 11.1 Å². The Hall–Kier alpha value is -3.29. The fourth-order valence-corrected chi connectivity index (χ4v) is 2.64. The number of rotatable bonds is 6. The smallest absolute Gasteiger partial charge is 0.251 e. The molecule has 0 unspecified atom stereocenters. The molecule has 0 aliphatic carbocycles. The number of anilines is 1. The first-order chi connectivity index (χ1) is 12.6. The van der Waals surface area contributed by atoms with E-state index in [4.69, 9.17) is 5.73 Å². The number of carbonyl (C=O) groups excluding carboxylic acids is 1. The predicted molar refractivity (Wildman–Crippen MR) is 98.1 cm³/mol. The second-order valence-electron chi connectivity index (χ2n) is 5.94. The van der Waals surface area contributed by atoms with Crippen LogP contribution in [0.1, 0.15) is 42.5 Å². The van der Waals surface area contributed by atoms with Crippen molar-refractivity contribution in [1.29, 1.82) is 0 Å². The summed E-state index contributed by atoms with van der Waals surface area (Å²) < 4.78 is 1.81. The first-order valence-electron chi connectivity index (χ1n) is 8.45. The van der Waals surface area contributed by atoms with Crippen molar-refractivity contribution >= 4 is 11.9 Å². The Morgan fingerprint density at radius 1 is 1.15 bits per heavy atom. The van der Waals surface area contributed by atoms with Crippen LogP contribution in [0.4, 0.5) is 5.95 Å². The van der Waals surface area contributed by atoms with Gasteiger partial charge < -0.3 is 11.1 Å². The Bertz CT molecular complexity index is 871. The van der Waals surface area contributed by atoms with Gasteiger partial charge in [0.2, 0.25) is 5.95 Å². The third-order valence-electron chi connectivity index (χ3n) is 3.97. The summed E-state index contributed by atoms with van der Waals surface area (Å²) in [5, 5.41) is 7.15. The topological polar surface area (TPSA) is 112 Å². The van der Waals surface area contributed by atoms with Crippen LogP contribution in [0.25, 0.3) is 11.1 Å². The fourth-order valence-electron chi connectivity index (χ4n) is 2.64. The number of nitrogens with zero attached hydrogens (tertiary/aromatic N) is 5. The van der Waals surface area contributed by atoms with Crippen LogP contribution in [-0.4, -0.2) is 30.6 Å². The zero-order valence-corrected chi connectivity index (χ0v) is 14.8. The van der Waals surface area contributed by atoms with Gasteiger partial charge in [0.25, 0.3) is 5.91 Å². The minimum absolute atomic E-state index is 0.163. The van der Waals surface area contributed by atoms with Gasteiger partial charge in [0.1, 0.15) is 12.2 Å². The first kappa shape index (κ1) is 17.5. The number of hydrogen-bond acceptors (Lipinski definition) is 6. The molecule has 0 bridgehead atoms. The lowest BCUT2D eigenvalue weighted by molar-refractivity contribution is 0.0937. The molecule has 0 saturated heterocycles. The van der Waals surface area contributed by atoms with Gasteiger partial charge >= 0.3 is 0 Å². The lowest BCUT2D eigenvalue weighted by atomic mass is 10.1. The number of hydrogen-bond donors (Lipinski definition) is 2. The summed E-state index contributed by atoms with van der Waals surface area (Å²) in [5.74, 6) is 0.814. The number of nitrogens with two attached hydrogens (primary N) is 1. The number of aryl methyl sites for hydroxylation is 1. The first-order valence-corrected chi connectivity index (χ1v) is 8.45. The van der Waals surface area contributed by atoms with E-state index in [0.717, 1.165) is 29.9 Å². The largest absolute Gasteiger partial charge is 0.368 e. The normalized spacial score (nSPS) is 11.9. The van der Waals surface area contributed by atoms with E-state index in [1.807, 2.05) is 23.7 Å². The van der Waals surface area contributed by atoms with E-state index in [0.29, 0.717) is 5.56 Å². The maximum absolute atomic E-state index is 12.5. The Kier molecular flexibility index (Phi) is 5.21. The summed E-state index contributed by atoms with van der Waals surface area (Å²) >= 11 is 0. The van der Waals surface area contributed by atoms with Crippen molar-refractivity contribution in [2.75, 3.05) is 5.73 Å². The monoisotopic (exact) mass is 351 g/mol. The van der Waals surface area contributed by atoms with Crippen molar-refractivity contribution in [3.63, 3.8) is 0 Å². The van der Waals surface area contributed by atoms with Gasteiger partial charge in [-0.1, -0.05) is 19.1 Å². The molecule has 3 aromatic rings. The molecule has 0 radical (unpaired) electrons. The maximum atomic E-state index is 12.5. The van der Waals surface area contributed by atoms with Crippen LogP contribution in [0.15, 0.2) is 43.0 Å². The zero-order chi connectivity index (χ0) is 18.5. The van der Waals surface area contributed by atoms with Gasteiger partial charge in [-0.2, -0.15) is 5.10 Å². The molecular weight excluding hydrogens is 330 g/mol. The van der Waals surface area contributed by atoms with E-state index in [9.17, 15) is 4.79 Å². The molecule has 3 N–H and O–H groups in total. The standard InChI is InChI=1S/C18H21N7O/c1-3-8-25-16(22-11-23-25)12(2)24-17(26)14-6-4-13(5-7-14)15-9-20-18(19)21-10-15/h4-7,9-12H,3,8H2,1-2H3,(H,24,26)(H2,19,20,21)/t12-/m0/s1. The summed E-state index contributed by atoms with van der Waals surface area (Å²) in [6.07, 6.45) is 5.77. The van der Waals surface area contributed by atoms with Crippen LogP contribution in [0.2, 0.25) is 0 Å². The minimum Gasteiger partial charge on any atom is -0.368 e. The average Bonchev–Trinajstić information content (AvgIpc) is 3.11. The third-order valence-corrected chi connectivity index (χ3v) is 3.97. The zero-order valence-electron chi connectivity index (χ0n) is 14.8. The molecule has 0 saturated carbocycles. The number of carbonyl (C=O) groups is 1. The van der Waals surface area contributed by atoms with Gasteiger partial charge in [0.05, 0.1) is 6.04 Å². The predicted octanol–water partition coefficient (Wildman–Crippen LogP) is 2.22. The molecule has 1 amide bonds. The highest BCUT2D eigenvalue weighted by Crippen LogP contribution is 2.19. The second-order valence-corrected chi connectivity index (χ2v) is 5.94. The van der Waals surface area contributed by atoms with Gasteiger partial charge in [0.15, 0.2) is 0 Å². The van der Waals surface area contributed by atoms with Gasteiger partial charge in [0, 0.05) is 30.1 Å². The summed E-state index contributed by atoms with van der Waals surface area (Å²) in [6, 6.07) is 7.01. The molecule has 8 nitrogen and oxygen atoms in total. The third kappa shape index (κ3) is 3.85. The molecule has 3 rings (SSSR count). The summed E-state index contributed by atoms with van der Waals surface area (Å²) in [6.45, 7) is 4.74. The lowest BCUT2D eigenvalue weighted by Crippen LogP contribution is -2.29. The Balaban J connectivity index is 1.70. The van der Waals surface area contributed by atoms with E-state index in [1.165, 1.54) is 6.33 Å². The Morgan fingerprint density at radius 2 is 1.85 bits per heavy atom. The molecule has 26 heavy (non-hydrogen) atoms. The van der Waals surface area contributed by atoms with Crippen molar-refractivity contribution < 1.29 is 4.79 Å². The molecule has 0 aliphatic heterocycles. The molecule has 0 aliphatic rings. The Morgan fingerprint density at radius 3 is 2.50 bits per heavy atom. The van der Waals surface area contributed by atoms with Crippen molar-refractivity contribution in [2.45, 2.75) is 32.9 Å². The molecular formula is C18H21N7O. The molecule has 1 atom stereocenters. The summed E-state index contributed by atoms with van der Waals surface area (Å²) in [4.78, 5) is 24.7. The second kappa shape index (κ2) is 7.73. The molecule has 8 heteroatoms. The van der Waals surface area contributed by atoms with E-state index >= 15 is 0 Å². The van der Waals surface area contributed by atoms with Gasteiger partial charge in [-0.3, -0.25) is 4.79 Å². The van der Waals surface area contributed by atoms with Crippen molar-refractivity contribution in [3.8, 4) is 11.1 Å². The fraction of sp³-hybridized carbons (Fsp3) is 0.278. The Labute approximate surface area is 151 Å². The average molecular weight is 351 g/mol. The van der Waals surface area contributed by atoms with Crippen LogP contribution in [-0.2, 0) is 6.54 Å². The summed E-state index contributed by atoms with van der Waals surface area (Å²) in [5.41, 5.74) is 7.82. The highest BCUT2D eigenvalue weighted by atomic mass is 16.1. The van der Waals surface area contributed by atoms with Gasteiger partial charge in [-0.05, 0) is 31.0 Å². The minimum atomic E-state index is -0.235. The van der Waals surface area contributed by atoms with Crippen molar-refractivity contribution in [1.82, 2.24) is 30.0 Å². The number of benzene rings is 1. The highest BCUT2D eigenvalue weighted by Gasteiger charge is 2.16. The van der Waals surface area contributed by atoms with Crippen LogP contribution in [0, 0.1) is 0 Å². The van der Waals surface area contributed by atoms with Gasteiger partial charge in [-0.25, -0.2) is 19.6 Å². The van der Waals surface area contributed by atoms with Crippen LogP contribution >= 0.6 is 0 Å². The summed E-state index contributed by atoms with van der Waals surface area (Å²) in [7, 11) is 0. The lowest BCUT2D eigenvalue weighted by Gasteiger charge is -2.14. The number of nitrogen functional groups attached to an aromatic ring is 1. The van der Waals surface area contributed by atoms with E-state index in [-0.39, 0.29) is 17.9 Å². The van der Waals surface area contributed by atoms with E-state index < -0.39 is 0 Å². The number of aromatic nitrogens is 5. The molecule has 0 fully saturated rings.